The normalized spacial score (nSPS) is 11.0. The van der Waals surface area contributed by atoms with Gasteiger partial charge in [0.05, 0.1) is 11.5 Å². The highest BCUT2D eigenvalue weighted by atomic mass is 32.2. The number of H-pyrrole nitrogens is 1. The van der Waals surface area contributed by atoms with Gasteiger partial charge in [-0.25, -0.2) is 4.98 Å². The zero-order chi connectivity index (χ0) is 16.2. The summed E-state index contributed by atoms with van der Waals surface area (Å²) in [6.45, 7) is 2.10. The molecule has 0 aliphatic rings. The number of hydrogen-bond donors (Lipinski definition) is 1. The van der Waals surface area contributed by atoms with E-state index in [1.54, 1.807) is 22.7 Å². The number of thiophene rings is 2. The fourth-order valence-corrected chi connectivity index (χ4v) is 5.21. The van der Waals surface area contributed by atoms with Crippen LogP contribution in [-0.2, 0) is 6.42 Å². The molecular formula is C16H15N3OS3. The maximum absolute atomic E-state index is 12.6. The van der Waals surface area contributed by atoms with Crippen molar-refractivity contribution in [3.63, 3.8) is 0 Å². The molecule has 0 amide bonds. The lowest BCUT2D eigenvalue weighted by Gasteiger charge is -2.01. The Bertz CT molecular complexity index is 903. The Kier molecular flexibility index (Phi) is 5.16. The summed E-state index contributed by atoms with van der Waals surface area (Å²) < 4.78 is 0. The number of nitriles is 1. The van der Waals surface area contributed by atoms with E-state index in [2.05, 4.69) is 29.0 Å². The van der Waals surface area contributed by atoms with Gasteiger partial charge in [0.25, 0.3) is 5.56 Å². The Morgan fingerprint density at radius 1 is 1.48 bits per heavy atom. The smallest absolute Gasteiger partial charge is 0.260 e. The minimum absolute atomic E-state index is 0.0721. The summed E-state index contributed by atoms with van der Waals surface area (Å²) in [6, 6.07) is 6.18. The van der Waals surface area contributed by atoms with Crippen LogP contribution in [0.3, 0.4) is 0 Å². The molecule has 1 N–H and O–H groups in total. The van der Waals surface area contributed by atoms with Crippen LogP contribution in [0.5, 0.6) is 0 Å². The van der Waals surface area contributed by atoms with Crippen LogP contribution in [-0.4, -0.2) is 15.7 Å². The maximum atomic E-state index is 12.6. The molecule has 0 bridgehead atoms. The van der Waals surface area contributed by atoms with Crippen molar-refractivity contribution >= 4 is 44.7 Å². The molecule has 4 nitrogen and oxygen atoms in total. The van der Waals surface area contributed by atoms with E-state index in [-0.39, 0.29) is 5.56 Å². The molecule has 3 aromatic heterocycles. The molecule has 7 heteroatoms. The molecule has 0 aromatic carbocycles. The van der Waals surface area contributed by atoms with Crippen molar-refractivity contribution in [3.8, 4) is 16.5 Å². The third kappa shape index (κ3) is 3.34. The topological polar surface area (TPSA) is 69.5 Å². The molecule has 3 rings (SSSR count). The molecule has 3 aromatic rings. The maximum Gasteiger partial charge on any atom is 0.260 e. The molecule has 0 radical (unpaired) electrons. The summed E-state index contributed by atoms with van der Waals surface area (Å²) in [5.74, 6) is 0.784. The first kappa shape index (κ1) is 16.2. The summed E-state index contributed by atoms with van der Waals surface area (Å²) in [7, 11) is 0. The van der Waals surface area contributed by atoms with Gasteiger partial charge in [0.2, 0.25) is 0 Å². The lowest BCUT2D eigenvalue weighted by Crippen LogP contribution is -2.08. The minimum Gasteiger partial charge on any atom is -0.301 e. The molecule has 118 valence electrons. The number of aryl methyl sites for hydroxylation is 1. The lowest BCUT2D eigenvalue weighted by atomic mass is 10.1. The predicted molar refractivity (Wildman–Crippen MR) is 98.5 cm³/mol. The Morgan fingerprint density at radius 3 is 3.04 bits per heavy atom. The van der Waals surface area contributed by atoms with Crippen LogP contribution in [0.1, 0.15) is 24.6 Å². The van der Waals surface area contributed by atoms with Crippen LogP contribution in [0.15, 0.2) is 27.5 Å². The number of hydrogen-bond acceptors (Lipinski definition) is 6. The van der Waals surface area contributed by atoms with E-state index in [4.69, 9.17) is 5.26 Å². The SMILES string of the molecule is CCc1sc2nc(SCCCC#N)[nH]c(=O)c2c1-c1cccs1. The van der Waals surface area contributed by atoms with Gasteiger partial charge >= 0.3 is 0 Å². The second kappa shape index (κ2) is 7.30. The van der Waals surface area contributed by atoms with Crippen LogP contribution >= 0.6 is 34.4 Å². The largest absolute Gasteiger partial charge is 0.301 e. The van der Waals surface area contributed by atoms with E-state index in [9.17, 15) is 4.79 Å². The van der Waals surface area contributed by atoms with Crippen molar-refractivity contribution in [3.05, 3.63) is 32.7 Å². The van der Waals surface area contributed by atoms with Crippen molar-refractivity contribution in [2.75, 3.05) is 5.75 Å². The summed E-state index contributed by atoms with van der Waals surface area (Å²) in [5, 5.41) is 11.9. The zero-order valence-corrected chi connectivity index (χ0v) is 15.0. The molecule has 0 unspecified atom stereocenters. The van der Waals surface area contributed by atoms with Gasteiger partial charge < -0.3 is 4.98 Å². The molecule has 0 spiro atoms. The third-order valence-electron chi connectivity index (χ3n) is 3.37. The summed E-state index contributed by atoms with van der Waals surface area (Å²) in [6.07, 6.45) is 2.22. The van der Waals surface area contributed by atoms with Gasteiger partial charge in [-0.1, -0.05) is 24.8 Å². The first-order valence-electron chi connectivity index (χ1n) is 7.34. The van der Waals surface area contributed by atoms with Gasteiger partial charge in [-0.2, -0.15) is 5.26 Å². The fraction of sp³-hybridized carbons (Fsp3) is 0.312. The third-order valence-corrected chi connectivity index (χ3v) is 6.45. The number of nitrogens with one attached hydrogen (secondary N) is 1. The van der Waals surface area contributed by atoms with E-state index in [0.717, 1.165) is 33.9 Å². The minimum atomic E-state index is -0.0721. The molecule has 0 saturated heterocycles. The van der Waals surface area contributed by atoms with Crippen LogP contribution in [0.4, 0.5) is 0 Å². The van der Waals surface area contributed by atoms with Crippen molar-refractivity contribution in [2.45, 2.75) is 31.3 Å². The number of aromatic nitrogens is 2. The van der Waals surface area contributed by atoms with Gasteiger partial charge in [-0.3, -0.25) is 4.79 Å². The Balaban J connectivity index is 2.03. The average molecular weight is 362 g/mol. The van der Waals surface area contributed by atoms with E-state index in [1.165, 1.54) is 16.6 Å². The number of unbranched alkanes of at least 4 members (excludes halogenated alkanes) is 1. The monoisotopic (exact) mass is 361 g/mol. The first-order valence-corrected chi connectivity index (χ1v) is 10.0. The Morgan fingerprint density at radius 2 is 2.35 bits per heavy atom. The van der Waals surface area contributed by atoms with E-state index in [0.29, 0.717) is 17.0 Å². The second-order valence-electron chi connectivity index (χ2n) is 4.89. The van der Waals surface area contributed by atoms with Crippen LogP contribution in [0, 0.1) is 11.3 Å². The van der Waals surface area contributed by atoms with Crippen molar-refractivity contribution < 1.29 is 0 Å². The molecule has 0 aliphatic heterocycles. The first-order chi connectivity index (χ1) is 11.2. The summed E-state index contributed by atoms with van der Waals surface area (Å²) in [5.41, 5.74) is 0.967. The number of nitrogens with zero attached hydrogens (tertiary/aromatic N) is 2. The average Bonchev–Trinajstić information content (AvgIpc) is 3.18. The Hall–Kier alpha value is -1.62. The van der Waals surface area contributed by atoms with Crippen molar-refractivity contribution in [1.29, 1.82) is 5.26 Å². The molecule has 0 aliphatic carbocycles. The molecule has 3 heterocycles. The summed E-state index contributed by atoms with van der Waals surface area (Å²) >= 11 is 4.75. The zero-order valence-electron chi connectivity index (χ0n) is 12.6. The predicted octanol–water partition coefficient (Wildman–Crippen LogP) is 4.67. The standard InChI is InChI=1S/C16H15N3OS3/c1-2-10-12(11-6-5-9-21-11)13-14(20)18-16(19-15(13)23-10)22-8-4-3-7-17/h5-6,9H,2-4,8H2,1H3,(H,18,19,20). The quantitative estimate of drug-likeness (QED) is 0.393. The van der Waals surface area contributed by atoms with Gasteiger partial charge in [-0.15, -0.1) is 22.7 Å². The molecule has 0 saturated carbocycles. The number of rotatable bonds is 6. The number of aromatic amines is 1. The number of thioether (sulfide) groups is 1. The van der Waals surface area contributed by atoms with Gasteiger partial charge in [0, 0.05) is 27.5 Å². The Labute approximate surface area is 146 Å². The molecule has 0 fully saturated rings. The van der Waals surface area contributed by atoms with E-state index in [1.807, 2.05) is 11.4 Å². The van der Waals surface area contributed by atoms with Crippen LogP contribution < -0.4 is 5.56 Å². The van der Waals surface area contributed by atoms with Crippen molar-refractivity contribution in [2.24, 2.45) is 0 Å². The van der Waals surface area contributed by atoms with Gasteiger partial charge in [0.1, 0.15) is 4.83 Å². The van der Waals surface area contributed by atoms with E-state index < -0.39 is 0 Å². The van der Waals surface area contributed by atoms with Crippen molar-refractivity contribution in [1.82, 2.24) is 9.97 Å². The highest BCUT2D eigenvalue weighted by molar-refractivity contribution is 7.99. The highest BCUT2D eigenvalue weighted by Crippen LogP contribution is 2.39. The molecule has 0 atom stereocenters. The van der Waals surface area contributed by atoms with Gasteiger partial charge in [0.15, 0.2) is 5.16 Å². The fourth-order valence-electron chi connectivity index (χ4n) is 2.35. The second-order valence-corrected chi connectivity index (χ2v) is 8.01. The van der Waals surface area contributed by atoms with Crippen LogP contribution in [0.2, 0.25) is 0 Å². The lowest BCUT2D eigenvalue weighted by molar-refractivity contribution is 0.951. The summed E-state index contributed by atoms with van der Waals surface area (Å²) in [4.78, 5) is 23.2. The number of fused-ring (bicyclic) bond motifs is 1. The van der Waals surface area contributed by atoms with Crippen LogP contribution in [0.25, 0.3) is 20.7 Å². The van der Waals surface area contributed by atoms with Gasteiger partial charge in [-0.05, 0) is 24.3 Å². The molecular weight excluding hydrogens is 346 g/mol. The van der Waals surface area contributed by atoms with E-state index >= 15 is 0 Å². The molecule has 23 heavy (non-hydrogen) atoms. The highest BCUT2D eigenvalue weighted by Gasteiger charge is 2.18.